The van der Waals surface area contributed by atoms with Crippen LogP contribution in [0.5, 0.6) is 0 Å². The predicted molar refractivity (Wildman–Crippen MR) is 147 cm³/mol. The molecule has 3 rings (SSSR count). The Morgan fingerprint density at radius 1 is 0.949 bits per heavy atom. The third-order valence-electron chi connectivity index (χ3n) is 7.10. The zero-order chi connectivity index (χ0) is 29.2. The van der Waals surface area contributed by atoms with E-state index in [0.717, 1.165) is 0 Å². The minimum absolute atomic E-state index is 0.00608. The van der Waals surface area contributed by atoms with Crippen molar-refractivity contribution in [1.29, 1.82) is 0 Å². The molecule has 0 spiro atoms. The van der Waals surface area contributed by atoms with E-state index >= 15 is 0 Å². The predicted octanol–water partition coefficient (Wildman–Crippen LogP) is 2.59. The SMILES string of the molecule is CCN(CC)S(=O)(=O)c1ccc(S(=O)(=O)N2CCC[C@@H](C(=O)N3CCN(C(=O)OC(C)(C)C)C[C@H]3C)C2)cc1. The van der Waals surface area contributed by atoms with Gasteiger partial charge in [0.2, 0.25) is 26.0 Å². The first-order valence-electron chi connectivity index (χ1n) is 13.5. The summed E-state index contributed by atoms with van der Waals surface area (Å²) in [6.07, 6.45) is 0.702. The highest BCUT2D eigenvalue weighted by Crippen LogP contribution is 2.27. The number of benzene rings is 1. The lowest BCUT2D eigenvalue weighted by atomic mass is 9.97. The summed E-state index contributed by atoms with van der Waals surface area (Å²) in [7, 11) is -7.62. The molecule has 11 nitrogen and oxygen atoms in total. The molecule has 0 N–H and O–H groups in total. The van der Waals surface area contributed by atoms with Crippen molar-refractivity contribution >= 4 is 32.0 Å². The van der Waals surface area contributed by atoms with Crippen molar-refractivity contribution in [2.75, 3.05) is 45.8 Å². The van der Waals surface area contributed by atoms with Gasteiger partial charge in [0.25, 0.3) is 0 Å². The zero-order valence-electron chi connectivity index (χ0n) is 23.8. The van der Waals surface area contributed by atoms with E-state index in [1.54, 1.807) is 44.4 Å². The van der Waals surface area contributed by atoms with E-state index < -0.39 is 37.7 Å². The molecule has 0 aliphatic carbocycles. The quantitative estimate of drug-likeness (QED) is 0.481. The van der Waals surface area contributed by atoms with Gasteiger partial charge in [-0.2, -0.15) is 8.61 Å². The molecule has 1 aromatic rings. The molecule has 0 saturated carbocycles. The van der Waals surface area contributed by atoms with Crippen molar-refractivity contribution in [2.24, 2.45) is 5.92 Å². The second-order valence-electron chi connectivity index (χ2n) is 11.1. The summed E-state index contributed by atoms with van der Waals surface area (Å²) in [6, 6.07) is 5.04. The summed E-state index contributed by atoms with van der Waals surface area (Å²) >= 11 is 0. The molecule has 2 atom stereocenters. The average Bonchev–Trinajstić information content (AvgIpc) is 2.88. The molecule has 0 aromatic heterocycles. The largest absolute Gasteiger partial charge is 0.444 e. The maximum atomic E-state index is 13.5. The Morgan fingerprint density at radius 3 is 2.08 bits per heavy atom. The zero-order valence-corrected chi connectivity index (χ0v) is 25.4. The third kappa shape index (κ3) is 7.11. The maximum Gasteiger partial charge on any atom is 0.410 e. The van der Waals surface area contributed by atoms with Crippen LogP contribution >= 0.6 is 0 Å². The Hall–Kier alpha value is -2.22. The Bertz CT molecular complexity index is 1240. The van der Waals surface area contributed by atoms with Crippen LogP contribution in [-0.4, -0.2) is 105 Å². The summed E-state index contributed by atoms with van der Waals surface area (Å²) in [6.45, 7) is 12.8. The first-order valence-corrected chi connectivity index (χ1v) is 16.4. The molecule has 13 heteroatoms. The van der Waals surface area contributed by atoms with Crippen LogP contribution in [0.25, 0.3) is 0 Å². The molecule has 1 aromatic carbocycles. The third-order valence-corrected chi connectivity index (χ3v) is 11.0. The lowest BCUT2D eigenvalue weighted by Gasteiger charge is -2.42. The van der Waals surface area contributed by atoms with Crippen LogP contribution in [0.15, 0.2) is 34.1 Å². The number of piperidine rings is 1. The fraction of sp³-hybridized carbons (Fsp3) is 0.692. The number of sulfonamides is 2. The van der Waals surface area contributed by atoms with Crippen molar-refractivity contribution < 1.29 is 31.2 Å². The van der Waals surface area contributed by atoms with Crippen molar-refractivity contribution in [3.05, 3.63) is 24.3 Å². The van der Waals surface area contributed by atoms with Gasteiger partial charge in [-0.3, -0.25) is 4.79 Å². The van der Waals surface area contributed by atoms with Gasteiger partial charge in [0, 0.05) is 51.9 Å². The number of piperazine rings is 1. The number of nitrogens with zero attached hydrogens (tertiary/aromatic N) is 4. The minimum atomic E-state index is -3.92. The lowest BCUT2D eigenvalue weighted by molar-refractivity contribution is -0.141. The monoisotopic (exact) mass is 586 g/mol. The van der Waals surface area contributed by atoms with Crippen LogP contribution in [0.1, 0.15) is 54.4 Å². The fourth-order valence-corrected chi connectivity index (χ4v) is 8.00. The highest BCUT2D eigenvalue weighted by Gasteiger charge is 2.39. The van der Waals surface area contributed by atoms with Gasteiger partial charge < -0.3 is 14.5 Å². The number of amides is 2. The maximum absolute atomic E-state index is 13.5. The topological polar surface area (TPSA) is 125 Å². The molecule has 39 heavy (non-hydrogen) atoms. The summed E-state index contributed by atoms with van der Waals surface area (Å²) in [4.78, 5) is 29.3. The molecule has 2 aliphatic rings. The molecule has 2 saturated heterocycles. The molecule has 0 unspecified atom stereocenters. The number of rotatable bonds is 7. The van der Waals surface area contributed by atoms with Crippen LogP contribution < -0.4 is 0 Å². The molecule has 2 aliphatic heterocycles. The van der Waals surface area contributed by atoms with Gasteiger partial charge in [-0.05, 0) is 64.8 Å². The molecular formula is C26H42N4O7S2. The Kier molecular flexibility index (Phi) is 9.72. The van der Waals surface area contributed by atoms with E-state index in [1.165, 1.54) is 32.9 Å². The average molecular weight is 587 g/mol. The summed E-state index contributed by atoms with van der Waals surface area (Å²) in [5.41, 5.74) is -0.607. The van der Waals surface area contributed by atoms with E-state index in [2.05, 4.69) is 0 Å². The molecule has 0 bridgehead atoms. The van der Waals surface area contributed by atoms with Gasteiger partial charge in [0.15, 0.2) is 0 Å². The standard InChI is InChI=1S/C26H42N4O7S2/c1-7-28(8-2)38(33,34)22-11-13-23(14-12-22)39(35,36)29-15-9-10-21(19-29)24(31)30-17-16-27(18-20(30)3)25(32)37-26(4,5)6/h11-14,20-21H,7-10,15-19H2,1-6H3/t20-,21-/m1/s1. The van der Waals surface area contributed by atoms with Gasteiger partial charge in [0.05, 0.1) is 15.7 Å². The Labute approximate surface area is 233 Å². The second kappa shape index (κ2) is 12.1. The Morgan fingerprint density at radius 2 is 1.54 bits per heavy atom. The van der Waals surface area contributed by atoms with Crippen molar-refractivity contribution in [1.82, 2.24) is 18.4 Å². The van der Waals surface area contributed by atoms with Gasteiger partial charge in [-0.1, -0.05) is 13.8 Å². The van der Waals surface area contributed by atoms with Crippen molar-refractivity contribution in [3.63, 3.8) is 0 Å². The van der Waals surface area contributed by atoms with Crippen LogP contribution in [0.4, 0.5) is 4.79 Å². The van der Waals surface area contributed by atoms with Crippen LogP contribution in [0.2, 0.25) is 0 Å². The van der Waals surface area contributed by atoms with Crippen molar-refractivity contribution in [2.45, 2.75) is 75.8 Å². The van der Waals surface area contributed by atoms with Gasteiger partial charge in [-0.15, -0.1) is 0 Å². The highest BCUT2D eigenvalue weighted by molar-refractivity contribution is 7.89. The normalized spacial score (nSPS) is 21.7. The summed E-state index contributed by atoms with van der Waals surface area (Å²) in [5.74, 6) is -0.613. The van der Waals surface area contributed by atoms with Gasteiger partial charge in [-0.25, -0.2) is 21.6 Å². The fourth-order valence-electron chi connectivity index (χ4n) is 5.02. The number of hydrogen-bond donors (Lipinski definition) is 0. The first kappa shape index (κ1) is 31.3. The molecule has 2 amide bonds. The number of hydrogen-bond acceptors (Lipinski definition) is 7. The number of carbonyl (C=O) groups excluding carboxylic acids is 2. The van der Waals surface area contributed by atoms with E-state index in [-0.39, 0.29) is 34.8 Å². The van der Waals surface area contributed by atoms with E-state index in [4.69, 9.17) is 4.74 Å². The molecular weight excluding hydrogens is 544 g/mol. The molecule has 2 heterocycles. The highest BCUT2D eigenvalue weighted by atomic mass is 32.2. The molecule has 2 fully saturated rings. The number of ether oxygens (including phenoxy) is 1. The summed E-state index contributed by atoms with van der Waals surface area (Å²) in [5, 5.41) is 0. The Balaban J connectivity index is 1.68. The van der Waals surface area contributed by atoms with E-state index in [9.17, 15) is 26.4 Å². The smallest absolute Gasteiger partial charge is 0.410 e. The van der Waals surface area contributed by atoms with Gasteiger partial charge >= 0.3 is 6.09 Å². The molecule has 0 radical (unpaired) electrons. The summed E-state index contributed by atoms with van der Waals surface area (Å²) < 4.78 is 60.4. The molecule has 220 valence electrons. The first-order chi connectivity index (χ1) is 18.1. The van der Waals surface area contributed by atoms with Gasteiger partial charge in [0.1, 0.15) is 5.60 Å². The van der Waals surface area contributed by atoms with Crippen LogP contribution in [0.3, 0.4) is 0 Å². The van der Waals surface area contributed by atoms with Crippen LogP contribution in [0, 0.1) is 5.92 Å². The van der Waals surface area contributed by atoms with Crippen LogP contribution in [-0.2, 0) is 29.6 Å². The minimum Gasteiger partial charge on any atom is -0.444 e. The van der Waals surface area contributed by atoms with E-state index in [0.29, 0.717) is 45.6 Å². The van der Waals surface area contributed by atoms with E-state index in [1.807, 2.05) is 6.92 Å². The lowest BCUT2D eigenvalue weighted by Crippen LogP contribution is -2.58. The van der Waals surface area contributed by atoms with Crippen molar-refractivity contribution in [3.8, 4) is 0 Å². The number of carbonyl (C=O) groups is 2. The second-order valence-corrected chi connectivity index (χ2v) is 14.9.